The molecule has 8 heteroatoms. The third-order valence-electron chi connectivity index (χ3n) is 4.14. The molecule has 1 amide bonds. The van der Waals surface area contributed by atoms with E-state index < -0.39 is 10.2 Å². The summed E-state index contributed by atoms with van der Waals surface area (Å²) in [5.74, 6) is 0.0188. The summed E-state index contributed by atoms with van der Waals surface area (Å²) >= 11 is 0. The van der Waals surface area contributed by atoms with Crippen LogP contribution in [0.3, 0.4) is 0 Å². The maximum atomic E-state index is 12.2. The number of hydrogen-bond donors (Lipinski definition) is 1. The van der Waals surface area contributed by atoms with E-state index in [1.807, 2.05) is 30.3 Å². The fourth-order valence-electron chi connectivity index (χ4n) is 2.88. The van der Waals surface area contributed by atoms with Crippen molar-refractivity contribution >= 4 is 21.8 Å². The molecule has 1 aromatic carbocycles. The average molecular weight is 339 g/mol. The minimum absolute atomic E-state index is 0.0153. The van der Waals surface area contributed by atoms with E-state index in [4.69, 9.17) is 4.74 Å². The Hall–Kier alpha value is -1.48. The fourth-order valence-corrected chi connectivity index (χ4v) is 4.14. The molecule has 23 heavy (non-hydrogen) atoms. The van der Waals surface area contributed by atoms with Gasteiger partial charge in [-0.1, -0.05) is 18.2 Å². The van der Waals surface area contributed by atoms with Crippen LogP contribution in [0.4, 0.5) is 5.69 Å². The number of benzene rings is 1. The second-order valence-electron chi connectivity index (χ2n) is 5.77. The number of ether oxygens (including phenoxy) is 1. The van der Waals surface area contributed by atoms with Gasteiger partial charge in [-0.3, -0.25) is 4.79 Å². The van der Waals surface area contributed by atoms with Gasteiger partial charge in [0.2, 0.25) is 5.91 Å². The number of nitrogens with zero attached hydrogens (tertiary/aromatic N) is 2. The zero-order chi connectivity index (χ0) is 16.3. The molecule has 0 saturated carbocycles. The Morgan fingerprint density at radius 2 is 1.87 bits per heavy atom. The predicted molar refractivity (Wildman–Crippen MR) is 86.2 cm³/mol. The summed E-state index contributed by atoms with van der Waals surface area (Å²) in [6, 6.07) is 9.45. The molecule has 1 atom stereocenters. The van der Waals surface area contributed by atoms with Crippen molar-refractivity contribution in [3.05, 3.63) is 30.3 Å². The molecule has 3 rings (SSSR count). The van der Waals surface area contributed by atoms with Crippen LogP contribution < -0.4 is 9.62 Å². The number of amides is 1. The summed E-state index contributed by atoms with van der Waals surface area (Å²) in [6.07, 6.45) is 0.362. The zero-order valence-electron chi connectivity index (χ0n) is 12.8. The molecule has 0 spiro atoms. The van der Waals surface area contributed by atoms with Gasteiger partial charge in [0.1, 0.15) is 0 Å². The van der Waals surface area contributed by atoms with Crippen molar-refractivity contribution in [3.63, 3.8) is 0 Å². The molecule has 7 nitrogen and oxygen atoms in total. The number of nitrogens with one attached hydrogen (secondary N) is 1. The summed E-state index contributed by atoms with van der Waals surface area (Å²) in [5.41, 5.74) is 0.857. The lowest BCUT2D eigenvalue weighted by Crippen LogP contribution is -2.47. The van der Waals surface area contributed by atoms with E-state index in [-0.39, 0.29) is 18.4 Å². The molecule has 1 N–H and O–H groups in total. The first kappa shape index (κ1) is 16.4. The van der Waals surface area contributed by atoms with Crippen molar-refractivity contribution in [2.75, 3.05) is 44.3 Å². The summed E-state index contributed by atoms with van der Waals surface area (Å²) in [4.78, 5) is 13.8. The molecule has 0 aliphatic carbocycles. The molecule has 2 fully saturated rings. The fraction of sp³-hybridized carbons (Fsp3) is 0.533. The van der Waals surface area contributed by atoms with Crippen molar-refractivity contribution in [1.29, 1.82) is 0 Å². The van der Waals surface area contributed by atoms with Crippen LogP contribution in [0.5, 0.6) is 0 Å². The van der Waals surface area contributed by atoms with Crippen LogP contribution >= 0.6 is 0 Å². The molecule has 0 aromatic heterocycles. The summed E-state index contributed by atoms with van der Waals surface area (Å²) < 4.78 is 33.7. The Morgan fingerprint density at radius 3 is 2.57 bits per heavy atom. The first-order chi connectivity index (χ1) is 11.1. The van der Waals surface area contributed by atoms with Crippen molar-refractivity contribution in [3.8, 4) is 0 Å². The molecule has 126 valence electrons. The maximum Gasteiger partial charge on any atom is 0.279 e. The highest BCUT2D eigenvalue weighted by molar-refractivity contribution is 7.87. The second kappa shape index (κ2) is 6.96. The number of carbonyl (C=O) groups is 1. The van der Waals surface area contributed by atoms with Gasteiger partial charge in [0.15, 0.2) is 0 Å². The summed E-state index contributed by atoms with van der Waals surface area (Å²) in [6.45, 7) is 2.39. The SMILES string of the molecule is O=C1CC(CNS(=O)(=O)N2CCOCC2)CN1c1ccccc1. The van der Waals surface area contributed by atoms with Crippen molar-refractivity contribution in [2.45, 2.75) is 6.42 Å². The van der Waals surface area contributed by atoms with E-state index in [2.05, 4.69) is 4.72 Å². The highest BCUT2D eigenvalue weighted by Crippen LogP contribution is 2.24. The molecular weight excluding hydrogens is 318 g/mol. The number of carbonyl (C=O) groups excluding carboxylic acids is 1. The van der Waals surface area contributed by atoms with Gasteiger partial charge in [0.05, 0.1) is 13.2 Å². The third-order valence-corrected chi connectivity index (χ3v) is 5.71. The number of anilines is 1. The lowest BCUT2D eigenvalue weighted by Gasteiger charge is -2.26. The minimum atomic E-state index is -3.50. The Bertz CT molecular complexity index is 644. The molecular formula is C15H21N3O4S. The van der Waals surface area contributed by atoms with E-state index in [1.165, 1.54) is 4.31 Å². The van der Waals surface area contributed by atoms with Gasteiger partial charge in [0.25, 0.3) is 10.2 Å². The molecule has 2 heterocycles. The Kier molecular flexibility index (Phi) is 4.96. The number of hydrogen-bond acceptors (Lipinski definition) is 4. The molecule has 2 aliphatic heterocycles. The van der Waals surface area contributed by atoms with Gasteiger partial charge in [0, 0.05) is 38.3 Å². The van der Waals surface area contributed by atoms with E-state index >= 15 is 0 Å². The monoisotopic (exact) mass is 339 g/mol. The van der Waals surface area contributed by atoms with Gasteiger partial charge < -0.3 is 9.64 Å². The molecule has 0 radical (unpaired) electrons. The van der Waals surface area contributed by atoms with E-state index in [1.54, 1.807) is 4.90 Å². The molecule has 2 saturated heterocycles. The lowest BCUT2D eigenvalue weighted by molar-refractivity contribution is -0.117. The minimum Gasteiger partial charge on any atom is -0.379 e. The van der Waals surface area contributed by atoms with Crippen molar-refractivity contribution < 1.29 is 17.9 Å². The number of rotatable bonds is 5. The zero-order valence-corrected chi connectivity index (χ0v) is 13.7. The van der Waals surface area contributed by atoms with Gasteiger partial charge in [-0.2, -0.15) is 12.7 Å². The Labute approximate surface area is 136 Å². The van der Waals surface area contributed by atoms with Gasteiger partial charge >= 0.3 is 0 Å². The first-order valence-electron chi connectivity index (χ1n) is 7.74. The predicted octanol–water partition coefficient (Wildman–Crippen LogP) is 0.206. The van der Waals surface area contributed by atoms with Crippen LogP contribution in [0.25, 0.3) is 0 Å². The van der Waals surface area contributed by atoms with Crippen molar-refractivity contribution in [2.24, 2.45) is 5.92 Å². The smallest absolute Gasteiger partial charge is 0.279 e. The topological polar surface area (TPSA) is 79.0 Å². The maximum absolute atomic E-state index is 12.2. The highest BCUT2D eigenvalue weighted by Gasteiger charge is 2.32. The molecule has 2 aliphatic rings. The molecule has 1 unspecified atom stereocenters. The number of morpholine rings is 1. The number of para-hydroxylation sites is 1. The van der Waals surface area contributed by atoms with Crippen LogP contribution in [0, 0.1) is 5.92 Å². The normalized spacial score (nSPS) is 23.4. The van der Waals surface area contributed by atoms with Gasteiger partial charge in [-0.25, -0.2) is 4.72 Å². The summed E-state index contributed by atoms with van der Waals surface area (Å²) in [5, 5.41) is 0. The largest absolute Gasteiger partial charge is 0.379 e. The Morgan fingerprint density at radius 1 is 1.17 bits per heavy atom. The Balaban J connectivity index is 1.56. The van der Waals surface area contributed by atoms with Crippen LogP contribution in [-0.2, 0) is 19.7 Å². The van der Waals surface area contributed by atoms with Gasteiger partial charge in [-0.15, -0.1) is 0 Å². The molecule has 0 bridgehead atoms. The van der Waals surface area contributed by atoms with Crippen LogP contribution in [0.2, 0.25) is 0 Å². The van der Waals surface area contributed by atoms with Crippen molar-refractivity contribution in [1.82, 2.24) is 9.03 Å². The van der Waals surface area contributed by atoms with Crippen LogP contribution in [-0.4, -0.2) is 58.0 Å². The van der Waals surface area contributed by atoms with E-state index in [0.717, 1.165) is 5.69 Å². The highest BCUT2D eigenvalue weighted by atomic mass is 32.2. The quantitative estimate of drug-likeness (QED) is 0.832. The molecule has 1 aromatic rings. The second-order valence-corrected chi connectivity index (χ2v) is 7.53. The first-order valence-corrected chi connectivity index (χ1v) is 9.18. The van der Waals surface area contributed by atoms with Crippen LogP contribution in [0.1, 0.15) is 6.42 Å². The van der Waals surface area contributed by atoms with E-state index in [0.29, 0.717) is 39.3 Å². The average Bonchev–Trinajstić information content (AvgIpc) is 2.96. The third kappa shape index (κ3) is 3.89. The van der Waals surface area contributed by atoms with Gasteiger partial charge in [-0.05, 0) is 18.1 Å². The van der Waals surface area contributed by atoms with Crippen LogP contribution in [0.15, 0.2) is 30.3 Å². The lowest BCUT2D eigenvalue weighted by atomic mass is 10.1. The summed E-state index contributed by atoms with van der Waals surface area (Å²) in [7, 11) is -3.50. The van der Waals surface area contributed by atoms with E-state index in [9.17, 15) is 13.2 Å². The standard InChI is InChI=1S/C15H21N3O4S/c19-15-10-13(12-18(15)14-4-2-1-3-5-14)11-16-23(20,21)17-6-8-22-9-7-17/h1-5,13,16H,6-12H2.